The van der Waals surface area contributed by atoms with Crippen LogP contribution in [0.25, 0.3) is 22.5 Å². The van der Waals surface area contributed by atoms with Crippen molar-refractivity contribution in [2.75, 3.05) is 0 Å². The summed E-state index contributed by atoms with van der Waals surface area (Å²) < 4.78 is 1.92. The van der Waals surface area contributed by atoms with E-state index in [1.807, 2.05) is 36.0 Å². The van der Waals surface area contributed by atoms with Gasteiger partial charge in [-0.1, -0.05) is 61.9 Å². The number of unbranched alkanes of at least 4 members (excludes halogenated alkanes) is 1. The number of aromatic nitrogens is 6. The molecule has 2 N–H and O–H groups in total. The van der Waals surface area contributed by atoms with E-state index in [2.05, 4.69) is 56.9 Å². The van der Waals surface area contributed by atoms with Crippen molar-refractivity contribution in [2.45, 2.75) is 39.2 Å². The number of H-pyrrole nitrogens is 1. The Bertz CT molecular complexity index is 1120. The van der Waals surface area contributed by atoms with Crippen LogP contribution in [0.5, 0.6) is 0 Å². The second kappa shape index (κ2) is 9.00. The minimum atomic E-state index is -0.0586. The normalized spacial score (nSPS) is 11.2. The summed E-state index contributed by atoms with van der Waals surface area (Å²) in [6.45, 7) is 2.13. The number of nitrogens with zero attached hydrogens (tertiary/aromatic N) is 5. The maximum Gasteiger partial charge on any atom is 0.205 e. The Morgan fingerprint density at radius 2 is 1.73 bits per heavy atom. The Kier molecular flexibility index (Phi) is 5.99. The van der Waals surface area contributed by atoms with Crippen LogP contribution < -0.4 is 0 Å². The number of aliphatic hydroxyl groups excluding tert-OH is 1. The summed E-state index contributed by atoms with van der Waals surface area (Å²) in [6, 6.07) is 16.4. The molecule has 0 aliphatic rings. The van der Waals surface area contributed by atoms with E-state index in [1.54, 1.807) is 0 Å². The maximum absolute atomic E-state index is 9.91. The molecule has 0 fully saturated rings. The first kappa shape index (κ1) is 20.0. The number of benzene rings is 2. The molecule has 7 nitrogen and oxygen atoms in total. The molecular formula is C23H26N6O. The molecule has 0 aliphatic carbocycles. The molecule has 0 aliphatic heterocycles. The van der Waals surface area contributed by atoms with Gasteiger partial charge in [0.2, 0.25) is 5.82 Å². The van der Waals surface area contributed by atoms with Gasteiger partial charge in [-0.05, 0) is 34.7 Å². The van der Waals surface area contributed by atoms with Crippen molar-refractivity contribution in [1.29, 1.82) is 0 Å². The maximum atomic E-state index is 9.91. The van der Waals surface area contributed by atoms with E-state index < -0.39 is 0 Å². The van der Waals surface area contributed by atoms with Crippen molar-refractivity contribution in [3.63, 3.8) is 0 Å². The van der Waals surface area contributed by atoms with Gasteiger partial charge in [0.05, 0.1) is 12.3 Å². The number of rotatable bonds is 8. The zero-order chi connectivity index (χ0) is 20.9. The molecule has 0 bridgehead atoms. The lowest BCUT2D eigenvalue weighted by atomic mass is 9.91. The standard InChI is InChI=1S/C23H26N6O/c1-3-4-13-22-20(21(15-30)26-29(22)2)14-16-9-5-6-10-17(16)18-11-7-8-12-19(18)23-24-27-28-25-23/h5-12,30H,3-4,13-15H2,1-2H3,(H,24,25,27,28). The van der Waals surface area contributed by atoms with Crippen LogP contribution in [0.4, 0.5) is 0 Å². The molecule has 30 heavy (non-hydrogen) atoms. The lowest BCUT2D eigenvalue weighted by molar-refractivity contribution is 0.274. The highest BCUT2D eigenvalue weighted by Crippen LogP contribution is 2.34. The van der Waals surface area contributed by atoms with E-state index in [0.717, 1.165) is 47.2 Å². The average Bonchev–Trinajstić information content (AvgIpc) is 3.41. The van der Waals surface area contributed by atoms with Crippen molar-refractivity contribution >= 4 is 0 Å². The van der Waals surface area contributed by atoms with Gasteiger partial charge in [-0.15, -0.1) is 10.2 Å². The molecular weight excluding hydrogens is 376 g/mol. The summed E-state index contributed by atoms with van der Waals surface area (Å²) in [5.74, 6) is 0.571. The van der Waals surface area contributed by atoms with Crippen LogP contribution in [0.1, 0.15) is 42.3 Å². The second-order valence-corrected chi connectivity index (χ2v) is 7.37. The zero-order valence-electron chi connectivity index (χ0n) is 17.3. The van der Waals surface area contributed by atoms with Gasteiger partial charge in [0.15, 0.2) is 0 Å². The Morgan fingerprint density at radius 3 is 2.43 bits per heavy atom. The highest BCUT2D eigenvalue weighted by Gasteiger charge is 2.19. The lowest BCUT2D eigenvalue weighted by Gasteiger charge is -2.14. The Balaban J connectivity index is 1.79. The smallest absolute Gasteiger partial charge is 0.205 e. The van der Waals surface area contributed by atoms with Crippen LogP contribution in [0, 0.1) is 0 Å². The molecule has 0 saturated carbocycles. The number of aromatic amines is 1. The van der Waals surface area contributed by atoms with Crippen LogP contribution in [0.3, 0.4) is 0 Å². The number of hydrogen-bond acceptors (Lipinski definition) is 5. The Hall–Kier alpha value is -3.32. The Labute approximate surface area is 175 Å². The first-order valence-electron chi connectivity index (χ1n) is 10.3. The van der Waals surface area contributed by atoms with Crippen molar-refractivity contribution in [2.24, 2.45) is 7.05 Å². The van der Waals surface area contributed by atoms with Crippen LogP contribution in [0.15, 0.2) is 48.5 Å². The first-order valence-corrected chi connectivity index (χ1v) is 10.3. The summed E-state index contributed by atoms with van der Waals surface area (Å²) in [5.41, 5.74) is 7.35. The van der Waals surface area contributed by atoms with E-state index in [4.69, 9.17) is 0 Å². The van der Waals surface area contributed by atoms with E-state index in [9.17, 15) is 5.11 Å². The molecule has 154 valence electrons. The molecule has 0 spiro atoms. The minimum absolute atomic E-state index is 0.0586. The summed E-state index contributed by atoms with van der Waals surface area (Å²) in [7, 11) is 1.96. The molecule has 0 atom stereocenters. The molecule has 2 aromatic carbocycles. The van der Waals surface area contributed by atoms with Gasteiger partial charge in [-0.3, -0.25) is 4.68 Å². The highest BCUT2D eigenvalue weighted by molar-refractivity contribution is 5.82. The van der Waals surface area contributed by atoms with Gasteiger partial charge >= 0.3 is 0 Å². The van der Waals surface area contributed by atoms with Gasteiger partial charge < -0.3 is 5.11 Å². The van der Waals surface area contributed by atoms with Crippen molar-refractivity contribution in [3.05, 3.63) is 71.0 Å². The third kappa shape index (κ3) is 3.89. The highest BCUT2D eigenvalue weighted by atomic mass is 16.3. The van der Waals surface area contributed by atoms with Gasteiger partial charge in [0.1, 0.15) is 0 Å². The van der Waals surface area contributed by atoms with Crippen LogP contribution in [-0.4, -0.2) is 35.5 Å². The predicted molar refractivity (Wildman–Crippen MR) is 116 cm³/mol. The van der Waals surface area contributed by atoms with Crippen molar-refractivity contribution in [1.82, 2.24) is 30.4 Å². The van der Waals surface area contributed by atoms with Gasteiger partial charge in [0, 0.05) is 30.3 Å². The van der Waals surface area contributed by atoms with Gasteiger partial charge in [-0.25, -0.2) is 0 Å². The minimum Gasteiger partial charge on any atom is -0.390 e. The monoisotopic (exact) mass is 402 g/mol. The molecule has 7 heteroatoms. The number of nitrogens with one attached hydrogen (secondary N) is 1. The predicted octanol–water partition coefficient (Wildman–Crippen LogP) is 3.69. The molecule has 2 heterocycles. The second-order valence-electron chi connectivity index (χ2n) is 7.37. The largest absolute Gasteiger partial charge is 0.390 e. The Morgan fingerprint density at radius 1 is 1.00 bits per heavy atom. The summed E-state index contributed by atoms with van der Waals surface area (Å²) in [5, 5.41) is 29.1. The fraction of sp³-hybridized carbons (Fsp3) is 0.304. The summed E-state index contributed by atoms with van der Waals surface area (Å²) >= 11 is 0. The van der Waals surface area contributed by atoms with Crippen molar-refractivity contribution in [3.8, 4) is 22.5 Å². The fourth-order valence-electron chi connectivity index (χ4n) is 3.97. The summed E-state index contributed by atoms with van der Waals surface area (Å²) in [6.07, 6.45) is 3.88. The molecule has 0 radical (unpaired) electrons. The van der Waals surface area contributed by atoms with E-state index in [0.29, 0.717) is 12.2 Å². The zero-order valence-corrected chi connectivity index (χ0v) is 17.3. The van der Waals surface area contributed by atoms with Crippen LogP contribution in [-0.2, 0) is 26.5 Å². The van der Waals surface area contributed by atoms with Gasteiger partial charge in [0.25, 0.3) is 0 Å². The van der Waals surface area contributed by atoms with E-state index in [-0.39, 0.29) is 6.61 Å². The number of hydrogen-bond donors (Lipinski definition) is 2. The molecule has 4 rings (SSSR count). The van der Waals surface area contributed by atoms with Crippen LogP contribution >= 0.6 is 0 Å². The lowest BCUT2D eigenvalue weighted by Crippen LogP contribution is -2.02. The van der Waals surface area contributed by atoms with Gasteiger partial charge in [-0.2, -0.15) is 10.3 Å². The average molecular weight is 403 g/mol. The van der Waals surface area contributed by atoms with E-state index in [1.165, 1.54) is 11.3 Å². The number of tetrazole rings is 1. The molecule has 2 aromatic heterocycles. The third-order valence-corrected chi connectivity index (χ3v) is 5.46. The molecule has 0 amide bonds. The number of aliphatic hydroxyl groups is 1. The SMILES string of the molecule is CCCCc1c(Cc2ccccc2-c2ccccc2-c2nn[nH]n2)c(CO)nn1C. The fourth-order valence-corrected chi connectivity index (χ4v) is 3.97. The first-order chi connectivity index (χ1) is 14.7. The topological polar surface area (TPSA) is 92.5 Å². The quantitative estimate of drug-likeness (QED) is 0.469. The number of aryl methyl sites for hydroxylation is 1. The third-order valence-electron chi connectivity index (χ3n) is 5.46. The molecule has 0 unspecified atom stereocenters. The summed E-state index contributed by atoms with van der Waals surface area (Å²) in [4.78, 5) is 0. The van der Waals surface area contributed by atoms with Crippen molar-refractivity contribution < 1.29 is 5.11 Å². The van der Waals surface area contributed by atoms with E-state index >= 15 is 0 Å². The molecule has 0 saturated heterocycles. The van der Waals surface area contributed by atoms with Crippen LogP contribution in [0.2, 0.25) is 0 Å². The molecule has 4 aromatic rings.